The number of benzene rings is 2. The topological polar surface area (TPSA) is 99.3 Å². The van der Waals surface area contributed by atoms with Gasteiger partial charge in [0, 0.05) is 23.4 Å². The Balaban J connectivity index is 2.10. The maximum Gasteiger partial charge on any atom is 0.253 e. The summed E-state index contributed by atoms with van der Waals surface area (Å²) in [5, 5.41) is 0. The maximum absolute atomic E-state index is 14.4. The molecule has 0 aliphatic carbocycles. The van der Waals surface area contributed by atoms with E-state index in [0.29, 0.717) is 11.3 Å². The lowest BCUT2D eigenvalue weighted by atomic mass is 10.0. The van der Waals surface area contributed by atoms with Crippen molar-refractivity contribution in [2.75, 3.05) is 5.73 Å². The molecule has 0 saturated carbocycles. The van der Waals surface area contributed by atoms with E-state index in [-0.39, 0.29) is 28.4 Å². The fourth-order valence-corrected chi connectivity index (χ4v) is 2.93. The number of carbonyl (C=O) groups is 1. The molecule has 2 heterocycles. The van der Waals surface area contributed by atoms with Gasteiger partial charge in [-0.1, -0.05) is 0 Å². The van der Waals surface area contributed by atoms with Crippen molar-refractivity contribution in [2.24, 2.45) is 5.73 Å². The van der Waals surface area contributed by atoms with Gasteiger partial charge in [-0.25, -0.2) is 18.2 Å². The zero-order chi connectivity index (χ0) is 20.0. The summed E-state index contributed by atoms with van der Waals surface area (Å²) in [7, 11) is 0. The van der Waals surface area contributed by atoms with Crippen LogP contribution in [-0.2, 0) is 0 Å². The molecule has 4 aromatic rings. The summed E-state index contributed by atoms with van der Waals surface area (Å²) in [6, 6.07) is 8.42. The minimum absolute atomic E-state index is 0.00502. The second kappa shape index (κ2) is 6.38. The molecule has 0 spiro atoms. The van der Waals surface area contributed by atoms with Gasteiger partial charge in [0.2, 0.25) is 5.78 Å². The zero-order valence-electron chi connectivity index (χ0n) is 14.2. The average molecular weight is 383 g/mol. The molecule has 2 aromatic carbocycles. The fraction of sp³-hybridized carbons (Fsp3) is 0. The fourth-order valence-electron chi connectivity index (χ4n) is 2.93. The first-order chi connectivity index (χ1) is 13.3. The van der Waals surface area contributed by atoms with Gasteiger partial charge in [-0.2, -0.15) is 4.98 Å². The molecule has 0 radical (unpaired) electrons. The molecule has 140 valence electrons. The van der Waals surface area contributed by atoms with E-state index in [1.165, 1.54) is 40.9 Å². The molecule has 6 nitrogen and oxygen atoms in total. The lowest BCUT2D eigenvalue weighted by Gasteiger charge is -2.08. The Morgan fingerprint density at radius 2 is 1.64 bits per heavy atom. The van der Waals surface area contributed by atoms with Gasteiger partial charge in [0.25, 0.3) is 5.91 Å². The number of primary amides is 1. The Hall–Kier alpha value is -3.88. The minimum Gasteiger partial charge on any atom is -0.383 e. The number of anilines is 1. The van der Waals surface area contributed by atoms with Crippen LogP contribution in [-0.4, -0.2) is 20.3 Å². The number of nitrogens with two attached hydrogens (primary N) is 2. The molecule has 0 fully saturated rings. The molecule has 1 amide bonds. The average Bonchev–Trinajstić information content (AvgIpc) is 2.99. The molecule has 0 bridgehead atoms. The number of aromatic nitrogens is 3. The highest BCUT2D eigenvalue weighted by molar-refractivity contribution is 5.97. The van der Waals surface area contributed by atoms with E-state index in [0.717, 1.165) is 12.1 Å². The highest BCUT2D eigenvalue weighted by Crippen LogP contribution is 2.34. The van der Waals surface area contributed by atoms with E-state index < -0.39 is 23.4 Å². The summed E-state index contributed by atoms with van der Waals surface area (Å²) in [4.78, 5) is 20.0. The molecule has 0 aliphatic heterocycles. The van der Waals surface area contributed by atoms with E-state index in [4.69, 9.17) is 11.5 Å². The number of nitrogens with zero attached hydrogens (tertiary/aromatic N) is 3. The van der Waals surface area contributed by atoms with Crippen LogP contribution >= 0.6 is 0 Å². The van der Waals surface area contributed by atoms with Gasteiger partial charge in [0.1, 0.15) is 29.0 Å². The van der Waals surface area contributed by atoms with Gasteiger partial charge < -0.3 is 11.5 Å². The number of halogens is 3. The van der Waals surface area contributed by atoms with Crippen LogP contribution in [0, 0.1) is 17.5 Å². The van der Waals surface area contributed by atoms with Crippen molar-refractivity contribution >= 4 is 17.5 Å². The van der Waals surface area contributed by atoms with Crippen LogP contribution in [0.1, 0.15) is 10.4 Å². The predicted molar refractivity (Wildman–Crippen MR) is 96.7 cm³/mol. The van der Waals surface area contributed by atoms with Gasteiger partial charge in [0.15, 0.2) is 0 Å². The van der Waals surface area contributed by atoms with Crippen LogP contribution in [0.25, 0.3) is 28.3 Å². The minimum atomic E-state index is -0.838. The second-order valence-electron chi connectivity index (χ2n) is 6.01. The van der Waals surface area contributed by atoms with Crippen molar-refractivity contribution < 1.29 is 18.0 Å². The molecule has 28 heavy (non-hydrogen) atoms. The van der Waals surface area contributed by atoms with Gasteiger partial charge in [-0.15, -0.1) is 0 Å². The van der Waals surface area contributed by atoms with Crippen molar-refractivity contribution in [1.29, 1.82) is 0 Å². The van der Waals surface area contributed by atoms with Crippen LogP contribution in [0.5, 0.6) is 0 Å². The highest BCUT2D eigenvalue weighted by Gasteiger charge is 2.22. The SMILES string of the molecule is NC(=O)c1cn2c(-c3ccc(F)cc3)c(-c3ccc(F)cc3F)nc2nc1N. The van der Waals surface area contributed by atoms with Crippen LogP contribution in [0.3, 0.4) is 0 Å². The number of carbonyl (C=O) groups excluding carboxylic acids is 1. The third-order valence-corrected chi connectivity index (χ3v) is 4.22. The smallest absolute Gasteiger partial charge is 0.253 e. The first-order valence-electron chi connectivity index (χ1n) is 8.05. The molecule has 0 aliphatic rings. The summed E-state index contributed by atoms with van der Waals surface area (Å²) in [5.74, 6) is -2.92. The molecule has 4 rings (SSSR count). The summed E-state index contributed by atoms with van der Waals surface area (Å²) in [6.45, 7) is 0. The number of rotatable bonds is 3. The number of fused-ring (bicyclic) bond motifs is 1. The van der Waals surface area contributed by atoms with Gasteiger partial charge in [-0.3, -0.25) is 9.20 Å². The van der Waals surface area contributed by atoms with Gasteiger partial charge in [0.05, 0.1) is 11.3 Å². The Morgan fingerprint density at radius 3 is 2.29 bits per heavy atom. The van der Waals surface area contributed by atoms with Gasteiger partial charge >= 0.3 is 0 Å². The van der Waals surface area contributed by atoms with E-state index in [9.17, 15) is 18.0 Å². The largest absolute Gasteiger partial charge is 0.383 e. The Bertz CT molecular complexity index is 1230. The number of hydrogen-bond acceptors (Lipinski definition) is 4. The van der Waals surface area contributed by atoms with Crippen LogP contribution in [0.2, 0.25) is 0 Å². The van der Waals surface area contributed by atoms with E-state index >= 15 is 0 Å². The lowest BCUT2D eigenvalue weighted by molar-refractivity contribution is 0.100. The van der Waals surface area contributed by atoms with Crippen LogP contribution in [0.4, 0.5) is 19.0 Å². The highest BCUT2D eigenvalue weighted by atomic mass is 19.1. The predicted octanol–water partition coefficient (Wildman–Crippen LogP) is 3.16. The Morgan fingerprint density at radius 1 is 0.964 bits per heavy atom. The quantitative estimate of drug-likeness (QED) is 0.568. The third-order valence-electron chi connectivity index (χ3n) is 4.22. The van der Waals surface area contributed by atoms with Crippen molar-refractivity contribution in [1.82, 2.24) is 14.4 Å². The molecule has 2 aromatic heterocycles. The normalized spacial score (nSPS) is 11.1. The van der Waals surface area contributed by atoms with Crippen LogP contribution < -0.4 is 11.5 Å². The van der Waals surface area contributed by atoms with Crippen molar-refractivity contribution in [3.8, 4) is 22.5 Å². The van der Waals surface area contributed by atoms with E-state index in [2.05, 4.69) is 9.97 Å². The number of imidazole rings is 1. The Kier molecular flexibility index (Phi) is 3.99. The van der Waals surface area contributed by atoms with E-state index in [1.807, 2.05) is 0 Å². The summed E-state index contributed by atoms with van der Waals surface area (Å²) >= 11 is 0. The third kappa shape index (κ3) is 2.82. The molecular formula is C19H12F3N5O. The lowest BCUT2D eigenvalue weighted by Crippen LogP contribution is -2.16. The molecule has 9 heteroatoms. The van der Waals surface area contributed by atoms with Crippen molar-refractivity contribution in [3.05, 3.63) is 71.7 Å². The van der Waals surface area contributed by atoms with Crippen molar-refractivity contribution in [2.45, 2.75) is 0 Å². The number of amides is 1. The number of nitrogen functional groups attached to an aromatic ring is 1. The first-order valence-corrected chi connectivity index (χ1v) is 8.05. The Labute approximate surface area is 156 Å². The maximum atomic E-state index is 14.4. The summed E-state index contributed by atoms with van der Waals surface area (Å²) < 4.78 is 42.6. The van der Waals surface area contributed by atoms with Crippen molar-refractivity contribution in [3.63, 3.8) is 0 Å². The molecular weight excluding hydrogens is 371 g/mol. The van der Waals surface area contributed by atoms with E-state index in [1.54, 1.807) is 0 Å². The number of hydrogen-bond donors (Lipinski definition) is 2. The summed E-state index contributed by atoms with van der Waals surface area (Å²) in [6.07, 6.45) is 1.33. The molecule has 0 saturated heterocycles. The summed E-state index contributed by atoms with van der Waals surface area (Å²) in [5.41, 5.74) is 11.9. The zero-order valence-corrected chi connectivity index (χ0v) is 14.2. The second-order valence-corrected chi connectivity index (χ2v) is 6.01. The monoisotopic (exact) mass is 383 g/mol. The van der Waals surface area contributed by atoms with Gasteiger partial charge in [-0.05, 0) is 36.4 Å². The standard InChI is InChI=1S/C19H12F3N5O/c20-10-3-1-9(2-4-10)16-15(12-6-5-11(21)7-14(12)22)25-19-26-17(23)13(18(24)28)8-27(16)19/h1-8H,(H2,24,28)(H2,23,25,26). The molecule has 4 N–H and O–H groups in total. The molecule has 0 atom stereocenters. The first kappa shape index (κ1) is 17.5. The van der Waals surface area contributed by atoms with Crippen LogP contribution in [0.15, 0.2) is 48.7 Å². The molecule has 0 unspecified atom stereocenters.